The van der Waals surface area contributed by atoms with Crippen LogP contribution in [0.1, 0.15) is 53.7 Å². The van der Waals surface area contributed by atoms with Crippen LogP contribution in [0.4, 0.5) is 5.82 Å². The number of aromatic nitrogens is 1. The zero-order valence-corrected chi connectivity index (χ0v) is 11.6. The topological polar surface area (TPSA) is 62.2 Å². The minimum atomic E-state index is -0.894. The average Bonchev–Trinajstić information content (AvgIpc) is 3.07. The Kier molecular flexibility index (Phi) is 3.72. The van der Waals surface area contributed by atoms with E-state index in [9.17, 15) is 9.90 Å². The number of nitrogens with one attached hydrogen (secondary N) is 1. The van der Waals surface area contributed by atoms with Crippen molar-refractivity contribution in [1.29, 1.82) is 0 Å². The number of nitrogens with zero attached hydrogens (tertiary/aromatic N) is 1. The highest BCUT2D eigenvalue weighted by Crippen LogP contribution is 2.26. The summed E-state index contributed by atoms with van der Waals surface area (Å²) in [6, 6.07) is 1.80. The Balaban J connectivity index is 1.72. The number of carbonyl (C=O) groups is 1. The van der Waals surface area contributed by atoms with Gasteiger partial charge in [0.15, 0.2) is 0 Å². The van der Waals surface area contributed by atoms with E-state index in [1.165, 1.54) is 24.8 Å². The number of hydrogen-bond acceptors (Lipinski definition) is 3. The third-order valence-corrected chi connectivity index (χ3v) is 4.15. The lowest BCUT2D eigenvalue weighted by molar-refractivity contribution is 0.0697. The van der Waals surface area contributed by atoms with Crippen molar-refractivity contribution in [1.82, 2.24) is 4.98 Å². The Morgan fingerprint density at radius 1 is 1.30 bits per heavy atom. The molecule has 1 aromatic heterocycles. The molecule has 0 bridgehead atoms. The summed E-state index contributed by atoms with van der Waals surface area (Å²) in [6.45, 7) is 0.762. The Labute approximate surface area is 118 Å². The molecular formula is C16H20N2O2. The van der Waals surface area contributed by atoms with Gasteiger partial charge in [-0.2, -0.15) is 0 Å². The molecule has 0 unspecified atom stereocenters. The van der Waals surface area contributed by atoms with Crippen molar-refractivity contribution in [2.75, 3.05) is 11.9 Å². The van der Waals surface area contributed by atoms with Crippen molar-refractivity contribution >= 4 is 11.8 Å². The maximum Gasteiger partial charge on any atom is 0.339 e. The lowest BCUT2D eigenvalue weighted by atomic mass is 10.1. The molecule has 2 aliphatic rings. The number of carboxylic acids is 1. The minimum Gasteiger partial charge on any atom is -0.478 e. The van der Waals surface area contributed by atoms with E-state index in [1.807, 2.05) is 0 Å². The van der Waals surface area contributed by atoms with Crippen molar-refractivity contribution in [3.63, 3.8) is 0 Å². The molecule has 0 fully saturated rings. The number of carboxylic acid groups (broad SMARTS) is 1. The number of aromatic carboxylic acids is 1. The Bertz CT molecular complexity index is 564. The molecule has 0 aromatic carbocycles. The van der Waals surface area contributed by atoms with E-state index < -0.39 is 5.97 Å². The van der Waals surface area contributed by atoms with Crippen LogP contribution in [0.5, 0.6) is 0 Å². The predicted octanol–water partition coefficient (Wildman–Crippen LogP) is 3.18. The Morgan fingerprint density at radius 3 is 2.95 bits per heavy atom. The van der Waals surface area contributed by atoms with Gasteiger partial charge in [-0.1, -0.05) is 11.6 Å². The van der Waals surface area contributed by atoms with E-state index in [4.69, 9.17) is 0 Å². The van der Waals surface area contributed by atoms with Crippen LogP contribution in [0, 0.1) is 0 Å². The van der Waals surface area contributed by atoms with Crippen LogP contribution in [-0.2, 0) is 12.8 Å². The van der Waals surface area contributed by atoms with Crippen molar-refractivity contribution in [2.45, 2.75) is 44.9 Å². The first-order valence-corrected chi connectivity index (χ1v) is 7.42. The van der Waals surface area contributed by atoms with Crippen LogP contribution >= 0.6 is 0 Å². The number of rotatable bonds is 5. The molecule has 20 heavy (non-hydrogen) atoms. The van der Waals surface area contributed by atoms with Crippen molar-refractivity contribution < 1.29 is 9.90 Å². The molecule has 2 aliphatic carbocycles. The molecule has 0 saturated carbocycles. The summed E-state index contributed by atoms with van der Waals surface area (Å²) >= 11 is 0. The fourth-order valence-corrected chi connectivity index (χ4v) is 3.08. The summed E-state index contributed by atoms with van der Waals surface area (Å²) in [6.07, 6.45) is 9.92. The molecule has 4 heteroatoms. The molecule has 0 aliphatic heterocycles. The van der Waals surface area contributed by atoms with Crippen LogP contribution in [0.15, 0.2) is 17.7 Å². The largest absolute Gasteiger partial charge is 0.478 e. The van der Waals surface area contributed by atoms with Gasteiger partial charge in [-0.3, -0.25) is 0 Å². The molecule has 106 valence electrons. The molecule has 0 saturated heterocycles. The minimum absolute atomic E-state index is 0.311. The van der Waals surface area contributed by atoms with Gasteiger partial charge >= 0.3 is 5.97 Å². The van der Waals surface area contributed by atoms with Crippen LogP contribution in [0.25, 0.3) is 0 Å². The molecule has 1 heterocycles. The number of hydrogen-bond donors (Lipinski definition) is 2. The average molecular weight is 272 g/mol. The zero-order valence-electron chi connectivity index (χ0n) is 11.6. The molecule has 1 aromatic rings. The molecule has 4 nitrogen and oxygen atoms in total. The molecule has 0 atom stereocenters. The second kappa shape index (κ2) is 5.65. The van der Waals surface area contributed by atoms with Gasteiger partial charge in [0.25, 0.3) is 0 Å². The molecule has 0 amide bonds. The van der Waals surface area contributed by atoms with Crippen molar-refractivity contribution in [3.05, 3.63) is 34.5 Å². The molecule has 0 spiro atoms. The first-order chi connectivity index (χ1) is 9.74. The maximum atomic E-state index is 11.3. The summed E-state index contributed by atoms with van der Waals surface area (Å²) in [7, 11) is 0. The smallest absolute Gasteiger partial charge is 0.339 e. The van der Waals surface area contributed by atoms with E-state index in [0.29, 0.717) is 11.4 Å². The highest BCUT2D eigenvalue weighted by Gasteiger charge is 2.19. The highest BCUT2D eigenvalue weighted by molar-refractivity contribution is 5.93. The quantitative estimate of drug-likeness (QED) is 0.808. The lowest BCUT2D eigenvalue weighted by Gasteiger charge is -2.11. The van der Waals surface area contributed by atoms with Crippen LogP contribution in [0.2, 0.25) is 0 Å². The summed E-state index contributed by atoms with van der Waals surface area (Å²) in [5, 5.41) is 12.5. The van der Waals surface area contributed by atoms with E-state index >= 15 is 0 Å². The standard InChI is InChI=1S/C16H20N2O2/c19-16(20)13-10-12-6-3-7-14(12)18-15(13)17-9-8-11-4-1-2-5-11/h4,10H,1-3,5-9H2,(H,17,18)(H,19,20). The van der Waals surface area contributed by atoms with Gasteiger partial charge in [-0.05, 0) is 56.6 Å². The highest BCUT2D eigenvalue weighted by atomic mass is 16.4. The fraction of sp³-hybridized carbons (Fsp3) is 0.500. The van der Waals surface area contributed by atoms with Gasteiger partial charge in [0.2, 0.25) is 0 Å². The van der Waals surface area contributed by atoms with Gasteiger partial charge in [-0.15, -0.1) is 0 Å². The van der Waals surface area contributed by atoms with Crippen LogP contribution in [-0.4, -0.2) is 22.6 Å². The normalized spacial score (nSPS) is 16.9. The molecule has 0 radical (unpaired) electrons. The SMILES string of the molecule is O=C(O)c1cc2c(nc1NCCC1=CCCC1)CCC2. The maximum absolute atomic E-state index is 11.3. The second-order valence-corrected chi connectivity index (χ2v) is 5.58. The predicted molar refractivity (Wildman–Crippen MR) is 78.3 cm³/mol. The van der Waals surface area contributed by atoms with E-state index in [-0.39, 0.29) is 0 Å². The fourth-order valence-electron chi connectivity index (χ4n) is 3.08. The molecular weight excluding hydrogens is 252 g/mol. The Hall–Kier alpha value is -1.84. The third kappa shape index (κ3) is 2.69. The summed E-state index contributed by atoms with van der Waals surface area (Å²) < 4.78 is 0. The zero-order chi connectivity index (χ0) is 13.9. The monoisotopic (exact) mass is 272 g/mol. The van der Waals surface area contributed by atoms with E-state index in [0.717, 1.165) is 43.5 Å². The van der Waals surface area contributed by atoms with Crippen LogP contribution in [0.3, 0.4) is 0 Å². The first kappa shape index (κ1) is 13.2. The molecule has 2 N–H and O–H groups in total. The van der Waals surface area contributed by atoms with Crippen molar-refractivity contribution in [2.24, 2.45) is 0 Å². The third-order valence-electron chi connectivity index (χ3n) is 4.15. The first-order valence-electron chi connectivity index (χ1n) is 7.42. The van der Waals surface area contributed by atoms with Gasteiger partial charge in [-0.25, -0.2) is 9.78 Å². The van der Waals surface area contributed by atoms with Gasteiger partial charge in [0.05, 0.1) is 0 Å². The van der Waals surface area contributed by atoms with Gasteiger partial charge in [0, 0.05) is 12.2 Å². The number of aryl methyl sites for hydroxylation is 2. The number of pyridine rings is 1. The number of fused-ring (bicyclic) bond motifs is 1. The summed E-state index contributed by atoms with van der Waals surface area (Å²) in [5.41, 5.74) is 3.96. The lowest BCUT2D eigenvalue weighted by Crippen LogP contribution is -2.11. The number of anilines is 1. The second-order valence-electron chi connectivity index (χ2n) is 5.58. The Morgan fingerprint density at radius 2 is 2.20 bits per heavy atom. The van der Waals surface area contributed by atoms with E-state index in [2.05, 4.69) is 16.4 Å². The van der Waals surface area contributed by atoms with Crippen LogP contribution < -0.4 is 5.32 Å². The summed E-state index contributed by atoms with van der Waals surface area (Å²) in [5.74, 6) is -0.355. The van der Waals surface area contributed by atoms with Gasteiger partial charge in [0.1, 0.15) is 11.4 Å². The van der Waals surface area contributed by atoms with Crippen molar-refractivity contribution in [3.8, 4) is 0 Å². The van der Waals surface area contributed by atoms with Gasteiger partial charge < -0.3 is 10.4 Å². The summed E-state index contributed by atoms with van der Waals surface area (Å²) in [4.78, 5) is 15.9. The van der Waals surface area contributed by atoms with E-state index in [1.54, 1.807) is 6.07 Å². The molecule has 3 rings (SSSR count). The number of allylic oxidation sites excluding steroid dienone is 1.